The quantitative estimate of drug-likeness (QED) is 0.0700. The number of carbonyl (C=O) groups excluding carboxylic acids is 1. The molecule has 4 N–H and O–H groups in total. The summed E-state index contributed by atoms with van der Waals surface area (Å²) >= 11 is 0. The monoisotopic (exact) mass is 790 g/mol. The molecule has 0 saturated carbocycles. The Morgan fingerprint density at radius 2 is 1.21 bits per heavy atom. The molecular weight excluding hydrogens is 731 g/mol. The van der Waals surface area contributed by atoms with Crippen LogP contribution < -0.4 is 20.4 Å². The lowest BCUT2D eigenvalue weighted by Gasteiger charge is -2.25. The summed E-state index contributed by atoms with van der Waals surface area (Å²) in [5.74, 6) is -1.93. The smallest absolute Gasteiger partial charge is 0.354 e. The first-order valence-electron chi connectivity index (χ1n) is 20.0. The minimum atomic E-state index is -1.04. The lowest BCUT2D eigenvalue weighted by Crippen LogP contribution is -2.49. The molecule has 2 heterocycles. The Bertz CT molecular complexity index is 1850. The van der Waals surface area contributed by atoms with Crippen molar-refractivity contribution in [3.8, 4) is 0 Å². The van der Waals surface area contributed by atoms with Gasteiger partial charge in [-0.1, -0.05) is 58.9 Å². The van der Waals surface area contributed by atoms with E-state index < -0.39 is 35.7 Å². The molecule has 0 aliphatic rings. The van der Waals surface area contributed by atoms with Crippen LogP contribution in [0.5, 0.6) is 0 Å². The van der Waals surface area contributed by atoms with E-state index in [1.165, 1.54) is 23.8 Å². The van der Waals surface area contributed by atoms with E-state index in [9.17, 15) is 23.5 Å². The van der Waals surface area contributed by atoms with Gasteiger partial charge in [0.25, 0.3) is 5.91 Å². The topological polar surface area (TPSA) is 157 Å². The highest BCUT2D eigenvalue weighted by Crippen LogP contribution is 2.16. The van der Waals surface area contributed by atoms with Crippen LogP contribution in [0.2, 0.25) is 0 Å². The number of hydrogen-bond donors (Lipinski definition) is 4. The molecule has 0 bridgehead atoms. The molecule has 0 aliphatic carbocycles. The minimum Gasteiger partial charge on any atom is -0.477 e. The molecule has 57 heavy (non-hydrogen) atoms. The lowest BCUT2D eigenvalue weighted by molar-refractivity contribution is 0.0689. The maximum absolute atomic E-state index is 13.9. The SMILES string of the molecule is CCCN(CCC)c1nc(C)cc(C(=O)N[C@@H](Cc2cc(F)cc(F)c2)[C@H](O)CNCc2cccc(CC)c2)n1.CCCN(CCC)c1nc(C)cc(C(=O)O)n1. The van der Waals surface area contributed by atoms with Crippen molar-refractivity contribution < 1.29 is 28.6 Å². The number of aliphatic hydroxyl groups is 1. The van der Waals surface area contributed by atoms with Gasteiger partial charge in [0.2, 0.25) is 11.9 Å². The number of aryl methyl sites for hydroxylation is 3. The van der Waals surface area contributed by atoms with Crippen molar-refractivity contribution in [3.05, 3.63) is 106 Å². The fourth-order valence-corrected chi connectivity index (χ4v) is 6.29. The summed E-state index contributed by atoms with van der Waals surface area (Å²) in [7, 11) is 0. The highest BCUT2D eigenvalue weighted by Gasteiger charge is 2.25. The number of hydrogen-bond acceptors (Lipinski definition) is 10. The first-order valence-corrected chi connectivity index (χ1v) is 20.0. The summed E-state index contributed by atoms with van der Waals surface area (Å²) in [5, 5.41) is 26.2. The van der Waals surface area contributed by atoms with Crippen molar-refractivity contribution in [3.63, 3.8) is 0 Å². The number of aliphatic hydroxyl groups excluding tert-OH is 1. The molecule has 0 unspecified atom stereocenters. The third-order valence-corrected chi connectivity index (χ3v) is 8.92. The number of carboxylic acids is 1. The second kappa shape index (κ2) is 23.9. The van der Waals surface area contributed by atoms with Gasteiger partial charge in [-0.25, -0.2) is 33.5 Å². The minimum absolute atomic E-state index is 0.0311. The molecule has 2 aromatic heterocycles. The van der Waals surface area contributed by atoms with E-state index >= 15 is 0 Å². The van der Waals surface area contributed by atoms with Crippen LogP contribution in [0.25, 0.3) is 0 Å². The summed E-state index contributed by atoms with van der Waals surface area (Å²) < 4.78 is 27.9. The number of carbonyl (C=O) groups is 2. The zero-order valence-corrected chi connectivity index (χ0v) is 34.5. The molecule has 12 nitrogen and oxygen atoms in total. The van der Waals surface area contributed by atoms with Gasteiger partial charge in [-0.2, -0.15) is 0 Å². The molecule has 2 atom stereocenters. The number of rotatable bonds is 21. The highest BCUT2D eigenvalue weighted by molar-refractivity contribution is 5.93. The molecule has 0 spiro atoms. The van der Waals surface area contributed by atoms with E-state index in [0.717, 1.165) is 69.9 Å². The molecule has 4 rings (SSSR count). The van der Waals surface area contributed by atoms with Gasteiger partial charge in [0, 0.05) is 56.7 Å². The van der Waals surface area contributed by atoms with E-state index in [-0.39, 0.29) is 24.4 Å². The molecule has 0 fully saturated rings. The van der Waals surface area contributed by atoms with Gasteiger partial charge in [-0.15, -0.1) is 0 Å². The zero-order valence-electron chi connectivity index (χ0n) is 34.5. The van der Waals surface area contributed by atoms with Gasteiger partial charge in [-0.05, 0) is 93.3 Å². The van der Waals surface area contributed by atoms with Crippen molar-refractivity contribution in [2.45, 2.75) is 106 Å². The summed E-state index contributed by atoms with van der Waals surface area (Å²) in [6, 6.07) is 13.6. The Kier molecular flexibility index (Phi) is 19.4. The largest absolute Gasteiger partial charge is 0.477 e. The fourth-order valence-electron chi connectivity index (χ4n) is 6.29. The third-order valence-electron chi connectivity index (χ3n) is 8.92. The Hall–Kier alpha value is -5.08. The molecule has 0 saturated heterocycles. The van der Waals surface area contributed by atoms with Crippen LogP contribution in [0.1, 0.15) is 109 Å². The number of anilines is 2. The Morgan fingerprint density at radius 3 is 1.72 bits per heavy atom. The van der Waals surface area contributed by atoms with Crippen LogP contribution in [0.15, 0.2) is 54.6 Å². The number of nitrogens with zero attached hydrogens (tertiary/aromatic N) is 6. The number of aromatic carboxylic acids is 1. The van der Waals surface area contributed by atoms with Gasteiger partial charge in [-0.3, -0.25) is 4.79 Å². The molecule has 14 heteroatoms. The van der Waals surface area contributed by atoms with Crippen LogP contribution in [-0.4, -0.2) is 86.9 Å². The van der Waals surface area contributed by atoms with Crippen LogP contribution in [0.4, 0.5) is 20.7 Å². The van der Waals surface area contributed by atoms with E-state index in [1.807, 2.05) is 21.9 Å². The van der Waals surface area contributed by atoms with Gasteiger partial charge in [0.15, 0.2) is 5.69 Å². The zero-order chi connectivity index (χ0) is 41.9. The average molecular weight is 791 g/mol. The summed E-state index contributed by atoms with van der Waals surface area (Å²) in [6.07, 6.45) is 3.71. The van der Waals surface area contributed by atoms with E-state index in [4.69, 9.17) is 5.11 Å². The van der Waals surface area contributed by atoms with Crippen molar-refractivity contribution in [2.24, 2.45) is 0 Å². The number of aromatic nitrogens is 4. The lowest BCUT2D eigenvalue weighted by atomic mass is 10.00. The van der Waals surface area contributed by atoms with Gasteiger partial charge < -0.3 is 30.6 Å². The molecular formula is C43H60F2N8O4. The standard InChI is InChI=1S/C31H41F2N5O2.C12H19N3O2/c1-5-11-38(12-6-2)31-35-21(4)13-28(37-31)30(40)36-27(17-24-15-25(32)18-26(33)16-24)29(39)20-34-19-23-10-8-9-22(7-3)14-23;1-4-6-15(7-5-2)12-13-9(3)8-10(14-12)11(16)17/h8-10,13-16,18,27,29,34,39H,5-7,11-12,17,19-20H2,1-4H3,(H,36,40);8H,4-7H2,1-3H3,(H,16,17)/t27-,29+;/m0./s1. The van der Waals surface area contributed by atoms with E-state index in [1.54, 1.807) is 19.9 Å². The van der Waals surface area contributed by atoms with Crippen molar-refractivity contribution in [1.29, 1.82) is 0 Å². The van der Waals surface area contributed by atoms with Crippen LogP contribution in [0.3, 0.4) is 0 Å². The van der Waals surface area contributed by atoms with Crippen molar-refractivity contribution in [1.82, 2.24) is 30.6 Å². The molecule has 0 radical (unpaired) electrons. The summed E-state index contributed by atoms with van der Waals surface area (Å²) in [5.41, 5.74) is 4.18. The second-order valence-corrected chi connectivity index (χ2v) is 14.1. The third kappa shape index (κ3) is 15.4. The van der Waals surface area contributed by atoms with E-state index in [2.05, 4.69) is 77.3 Å². The first-order chi connectivity index (χ1) is 27.3. The second-order valence-electron chi connectivity index (χ2n) is 14.1. The molecule has 4 aromatic rings. The van der Waals surface area contributed by atoms with E-state index in [0.29, 0.717) is 35.4 Å². The Balaban J connectivity index is 0.000000427. The maximum Gasteiger partial charge on any atom is 0.354 e. The van der Waals surface area contributed by atoms with Gasteiger partial charge in [0.05, 0.1) is 12.1 Å². The van der Waals surface area contributed by atoms with Crippen LogP contribution >= 0.6 is 0 Å². The predicted molar refractivity (Wildman–Crippen MR) is 221 cm³/mol. The summed E-state index contributed by atoms with van der Waals surface area (Å²) in [4.78, 5) is 45.8. The van der Waals surface area contributed by atoms with Crippen molar-refractivity contribution >= 4 is 23.8 Å². The molecule has 2 aromatic carbocycles. The van der Waals surface area contributed by atoms with Crippen LogP contribution in [0, 0.1) is 25.5 Å². The number of halogens is 2. The Labute approximate surface area is 336 Å². The Morgan fingerprint density at radius 1 is 0.702 bits per heavy atom. The molecule has 310 valence electrons. The molecule has 0 aliphatic heterocycles. The maximum atomic E-state index is 13.9. The summed E-state index contributed by atoms with van der Waals surface area (Å²) in [6.45, 7) is 17.9. The first kappa shape index (κ1) is 46.3. The van der Waals surface area contributed by atoms with Gasteiger partial charge >= 0.3 is 5.97 Å². The van der Waals surface area contributed by atoms with Crippen molar-refractivity contribution in [2.75, 3.05) is 42.5 Å². The fraction of sp³-hybridized carbons (Fsp3) is 0.488. The number of carboxylic acid groups (broad SMARTS) is 1. The van der Waals surface area contributed by atoms with Crippen LogP contribution in [-0.2, 0) is 19.4 Å². The average Bonchev–Trinajstić information content (AvgIpc) is 3.17. The number of nitrogens with one attached hydrogen (secondary N) is 2. The van der Waals surface area contributed by atoms with Gasteiger partial charge in [0.1, 0.15) is 17.3 Å². The highest BCUT2D eigenvalue weighted by atomic mass is 19.1. The molecule has 1 amide bonds. The number of amides is 1. The number of benzene rings is 2. The normalized spacial score (nSPS) is 12.0. The predicted octanol–water partition coefficient (Wildman–Crippen LogP) is 6.85.